The monoisotopic (exact) mass is 398 g/mol. The zero-order valence-electron chi connectivity index (χ0n) is 17.4. The number of allylic oxidation sites excluding steroid dienone is 1. The van der Waals surface area contributed by atoms with Gasteiger partial charge < -0.3 is 4.90 Å². The van der Waals surface area contributed by atoms with Crippen LogP contribution in [0.3, 0.4) is 0 Å². The number of benzene rings is 4. The SMILES string of the molecule is CN1C=C(c2ccc3ccccc3n2)[C@@H](c2cccc3ccccc23)c2ccccc21. The van der Waals surface area contributed by atoms with Gasteiger partial charge in [0, 0.05) is 35.8 Å². The minimum Gasteiger partial charge on any atom is -0.350 e. The molecule has 2 heterocycles. The highest BCUT2D eigenvalue weighted by atomic mass is 15.1. The summed E-state index contributed by atoms with van der Waals surface area (Å²) in [4.78, 5) is 7.29. The molecule has 0 saturated carbocycles. The molecule has 0 saturated heterocycles. The minimum absolute atomic E-state index is 0.118. The molecule has 6 rings (SSSR count). The smallest absolute Gasteiger partial charge is 0.0709 e. The minimum atomic E-state index is 0.118. The lowest BCUT2D eigenvalue weighted by Gasteiger charge is -2.33. The van der Waals surface area contributed by atoms with Crippen LogP contribution in [0.1, 0.15) is 22.7 Å². The summed E-state index contributed by atoms with van der Waals surface area (Å²) in [5.41, 5.74) is 7.15. The molecule has 4 aromatic carbocycles. The van der Waals surface area contributed by atoms with Crippen LogP contribution in [0.4, 0.5) is 5.69 Å². The molecule has 0 radical (unpaired) electrons. The fourth-order valence-electron chi connectivity index (χ4n) is 4.85. The fraction of sp³-hybridized carbons (Fsp3) is 0.0690. The number of hydrogen-bond donors (Lipinski definition) is 0. The van der Waals surface area contributed by atoms with Gasteiger partial charge in [-0.05, 0) is 40.1 Å². The number of anilines is 1. The van der Waals surface area contributed by atoms with Crippen LogP contribution < -0.4 is 4.90 Å². The molecular formula is C29H22N2. The molecule has 1 atom stereocenters. The summed E-state index contributed by atoms with van der Waals surface area (Å²) in [5.74, 6) is 0.118. The summed E-state index contributed by atoms with van der Waals surface area (Å²) in [6.45, 7) is 0. The van der Waals surface area contributed by atoms with Gasteiger partial charge in [0.15, 0.2) is 0 Å². The molecule has 0 spiro atoms. The van der Waals surface area contributed by atoms with Gasteiger partial charge in [0.05, 0.1) is 11.2 Å². The topological polar surface area (TPSA) is 16.1 Å². The quantitative estimate of drug-likeness (QED) is 0.318. The highest BCUT2D eigenvalue weighted by Crippen LogP contribution is 2.46. The van der Waals surface area contributed by atoms with Crippen molar-refractivity contribution in [3.8, 4) is 0 Å². The van der Waals surface area contributed by atoms with Crippen molar-refractivity contribution in [2.75, 3.05) is 11.9 Å². The van der Waals surface area contributed by atoms with E-state index in [4.69, 9.17) is 4.98 Å². The van der Waals surface area contributed by atoms with Crippen LogP contribution in [0.2, 0.25) is 0 Å². The standard InChI is InChI=1S/C29H22N2/c1-31-19-25(27-18-17-21-10-3-6-15-26(21)30-27)29(24-13-5-7-16-28(24)31)23-14-8-11-20-9-2-4-12-22(20)23/h2-19,29H,1H3/t29-/m0/s1. The van der Waals surface area contributed by atoms with Gasteiger partial charge in [-0.2, -0.15) is 0 Å². The molecule has 0 bridgehead atoms. The molecule has 2 nitrogen and oxygen atoms in total. The number of nitrogens with zero attached hydrogens (tertiary/aromatic N) is 2. The van der Waals surface area contributed by atoms with E-state index in [1.807, 2.05) is 0 Å². The van der Waals surface area contributed by atoms with Crippen molar-refractivity contribution >= 4 is 32.9 Å². The third-order valence-corrected chi connectivity index (χ3v) is 6.30. The molecule has 0 amide bonds. The van der Waals surface area contributed by atoms with E-state index in [-0.39, 0.29) is 5.92 Å². The number of hydrogen-bond acceptors (Lipinski definition) is 2. The molecule has 31 heavy (non-hydrogen) atoms. The Kier molecular flexibility index (Phi) is 4.10. The molecule has 0 unspecified atom stereocenters. The summed E-state index contributed by atoms with van der Waals surface area (Å²) in [6.07, 6.45) is 2.26. The Balaban J connectivity index is 1.63. The Morgan fingerprint density at radius 2 is 1.35 bits per heavy atom. The summed E-state index contributed by atoms with van der Waals surface area (Å²) < 4.78 is 0. The van der Waals surface area contributed by atoms with Crippen LogP contribution in [0.15, 0.2) is 109 Å². The van der Waals surface area contributed by atoms with E-state index in [9.17, 15) is 0 Å². The Bertz CT molecular complexity index is 1460. The van der Waals surface area contributed by atoms with Crippen LogP contribution in [0.5, 0.6) is 0 Å². The molecular weight excluding hydrogens is 376 g/mol. The zero-order chi connectivity index (χ0) is 20.8. The van der Waals surface area contributed by atoms with E-state index in [1.165, 1.54) is 33.2 Å². The van der Waals surface area contributed by atoms with Gasteiger partial charge in [-0.15, -0.1) is 0 Å². The Morgan fingerprint density at radius 1 is 0.645 bits per heavy atom. The third kappa shape index (κ3) is 2.91. The molecule has 0 N–H and O–H groups in total. The van der Waals surface area contributed by atoms with Crippen molar-refractivity contribution < 1.29 is 0 Å². The van der Waals surface area contributed by atoms with Gasteiger partial charge in [0.25, 0.3) is 0 Å². The second-order valence-electron chi connectivity index (χ2n) is 8.14. The first-order valence-corrected chi connectivity index (χ1v) is 10.7. The largest absolute Gasteiger partial charge is 0.350 e. The van der Waals surface area contributed by atoms with Crippen LogP contribution in [0.25, 0.3) is 27.2 Å². The summed E-state index contributed by atoms with van der Waals surface area (Å²) >= 11 is 0. The maximum Gasteiger partial charge on any atom is 0.0709 e. The maximum absolute atomic E-state index is 5.07. The van der Waals surface area contributed by atoms with Gasteiger partial charge in [-0.25, -0.2) is 4.98 Å². The Morgan fingerprint density at radius 3 is 2.29 bits per heavy atom. The van der Waals surface area contributed by atoms with Crippen molar-refractivity contribution in [2.24, 2.45) is 0 Å². The van der Waals surface area contributed by atoms with E-state index in [1.54, 1.807) is 0 Å². The lowest BCUT2D eigenvalue weighted by Crippen LogP contribution is -2.21. The zero-order valence-corrected chi connectivity index (χ0v) is 17.4. The average Bonchev–Trinajstić information content (AvgIpc) is 2.83. The number of aromatic nitrogens is 1. The molecule has 1 aliphatic rings. The van der Waals surface area contributed by atoms with Crippen molar-refractivity contribution in [3.05, 3.63) is 126 Å². The summed E-state index contributed by atoms with van der Waals surface area (Å²) in [6, 6.07) is 36.7. The van der Waals surface area contributed by atoms with Crippen molar-refractivity contribution in [3.63, 3.8) is 0 Å². The molecule has 2 heteroatoms. The van der Waals surface area contributed by atoms with E-state index in [0.29, 0.717) is 0 Å². The summed E-state index contributed by atoms with van der Waals surface area (Å²) in [5, 5.41) is 3.72. The number of pyridine rings is 1. The number of para-hydroxylation sites is 2. The van der Waals surface area contributed by atoms with Gasteiger partial charge >= 0.3 is 0 Å². The molecule has 148 valence electrons. The highest BCUT2D eigenvalue weighted by Gasteiger charge is 2.30. The predicted octanol–water partition coefficient (Wildman–Crippen LogP) is 7.01. The van der Waals surface area contributed by atoms with Crippen molar-refractivity contribution in [1.82, 2.24) is 4.98 Å². The second kappa shape index (κ2) is 7.10. The second-order valence-corrected chi connectivity index (χ2v) is 8.14. The molecule has 0 fully saturated rings. The average molecular weight is 399 g/mol. The van der Waals surface area contributed by atoms with E-state index >= 15 is 0 Å². The first kappa shape index (κ1) is 17.9. The van der Waals surface area contributed by atoms with Crippen LogP contribution in [-0.2, 0) is 0 Å². The molecule has 1 aliphatic heterocycles. The summed E-state index contributed by atoms with van der Waals surface area (Å²) in [7, 11) is 2.12. The van der Waals surface area contributed by atoms with Crippen LogP contribution in [0, 0.1) is 0 Å². The van der Waals surface area contributed by atoms with Gasteiger partial charge in [-0.1, -0.05) is 84.9 Å². The maximum atomic E-state index is 5.07. The van der Waals surface area contributed by atoms with Crippen molar-refractivity contribution in [2.45, 2.75) is 5.92 Å². The van der Waals surface area contributed by atoms with Gasteiger partial charge in [0.1, 0.15) is 0 Å². The van der Waals surface area contributed by atoms with E-state index < -0.39 is 0 Å². The number of rotatable bonds is 2. The highest BCUT2D eigenvalue weighted by molar-refractivity contribution is 5.93. The van der Waals surface area contributed by atoms with Crippen molar-refractivity contribution in [1.29, 1.82) is 0 Å². The van der Waals surface area contributed by atoms with E-state index in [0.717, 1.165) is 16.6 Å². The lowest BCUT2D eigenvalue weighted by atomic mass is 9.79. The Hall–Kier alpha value is -3.91. The van der Waals surface area contributed by atoms with Gasteiger partial charge in [-0.3, -0.25) is 0 Å². The number of fused-ring (bicyclic) bond motifs is 3. The first-order chi connectivity index (χ1) is 15.3. The van der Waals surface area contributed by atoms with E-state index in [2.05, 4.69) is 121 Å². The Labute approximate surface area is 182 Å². The third-order valence-electron chi connectivity index (χ3n) is 6.30. The normalized spacial score (nSPS) is 15.7. The lowest BCUT2D eigenvalue weighted by molar-refractivity contribution is 0.984. The van der Waals surface area contributed by atoms with Crippen LogP contribution in [-0.4, -0.2) is 12.0 Å². The molecule has 0 aliphatic carbocycles. The predicted molar refractivity (Wildman–Crippen MR) is 130 cm³/mol. The fourth-order valence-corrected chi connectivity index (χ4v) is 4.85. The van der Waals surface area contributed by atoms with Gasteiger partial charge in [0.2, 0.25) is 0 Å². The van der Waals surface area contributed by atoms with Crippen LogP contribution >= 0.6 is 0 Å². The first-order valence-electron chi connectivity index (χ1n) is 10.7. The molecule has 5 aromatic rings. The molecule has 1 aromatic heterocycles.